The largest absolute Gasteiger partial charge is 0.392 e. The second kappa shape index (κ2) is 7.39. The minimum atomic E-state index is -0.418. The van der Waals surface area contributed by atoms with Crippen molar-refractivity contribution >= 4 is 11.8 Å². The van der Waals surface area contributed by atoms with E-state index in [1.165, 1.54) is 0 Å². The van der Waals surface area contributed by atoms with Crippen LogP contribution in [0.25, 0.3) is 0 Å². The van der Waals surface area contributed by atoms with Crippen molar-refractivity contribution in [2.45, 2.75) is 44.8 Å². The summed E-state index contributed by atoms with van der Waals surface area (Å²) in [6.45, 7) is 3.72. The average molecular weight is 382 g/mol. The van der Waals surface area contributed by atoms with Gasteiger partial charge in [0.2, 0.25) is 5.91 Å². The van der Waals surface area contributed by atoms with Crippen molar-refractivity contribution in [3.05, 3.63) is 53.1 Å². The summed E-state index contributed by atoms with van der Waals surface area (Å²) in [5, 5.41) is 9.17. The van der Waals surface area contributed by atoms with E-state index in [0.717, 1.165) is 23.4 Å². The molecule has 2 aliphatic heterocycles. The maximum Gasteiger partial charge on any atom is 0.253 e. The fraction of sp³-hybridized carbons (Fsp3) is 0.476. The molecule has 3 heterocycles. The summed E-state index contributed by atoms with van der Waals surface area (Å²) >= 11 is 0. The number of fused-ring (bicyclic) bond motifs is 2. The number of H-pyrrole nitrogens is 1. The van der Waals surface area contributed by atoms with Crippen LogP contribution in [0.15, 0.2) is 30.6 Å². The van der Waals surface area contributed by atoms with Gasteiger partial charge in [0.05, 0.1) is 24.2 Å². The van der Waals surface area contributed by atoms with Crippen LogP contribution in [-0.2, 0) is 23.4 Å². The van der Waals surface area contributed by atoms with Crippen LogP contribution in [0.5, 0.6) is 0 Å². The van der Waals surface area contributed by atoms with Crippen LogP contribution in [0.4, 0.5) is 0 Å². The third-order valence-corrected chi connectivity index (χ3v) is 6.13. The molecular formula is C21H26N4O3. The Morgan fingerprint density at radius 2 is 1.89 bits per heavy atom. The zero-order valence-corrected chi connectivity index (χ0v) is 16.1. The molecule has 28 heavy (non-hydrogen) atoms. The maximum atomic E-state index is 12.9. The number of nitrogens with one attached hydrogen (secondary N) is 1. The van der Waals surface area contributed by atoms with E-state index in [9.17, 15) is 14.7 Å². The summed E-state index contributed by atoms with van der Waals surface area (Å²) in [4.78, 5) is 37.2. The number of nitrogens with zero attached hydrogens (tertiary/aromatic N) is 3. The van der Waals surface area contributed by atoms with Gasteiger partial charge < -0.3 is 19.9 Å². The molecule has 2 N–H and O–H groups in total. The fourth-order valence-corrected chi connectivity index (χ4v) is 4.55. The van der Waals surface area contributed by atoms with Gasteiger partial charge in [0.1, 0.15) is 0 Å². The number of amides is 2. The second-order valence-electron chi connectivity index (χ2n) is 7.56. The number of piperidine rings is 1. The minimum Gasteiger partial charge on any atom is -0.392 e. The van der Waals surface area contributed by atoms with Gasteiger partial charge in [-0.25, -0.2) is 4.98 Å². The van der Waals surface area contributed by atoms with Crippen molar-refractivity contribution in [1.82, 2.24) is 19.8 Å². The number of aliphatic hydroxyl groups is 1. The van der Waals surface area contributed by atoms with Gasteiger partial charge in [-0.05, 0) is 30.5 Å². The predicted octanol–water partition coefficient (Wildman–Crippen LogP) is 1.83. The fourth-order valence-electron chi connectivity index (χ4n) is 4.55. The lowest BCUT2D eigenvalue weighted by Gasteiger charge is -2.50. The Kier molecular flexibility index (Phi) is 4.93. The third-order valence-electron chi connectivity index (χ3n) is 6.13. The number of carbonyl (C=O) groups is 2. The number of aromatic amines is 1. The molecule has 0 unspecified atom stereocenters. The van der Waals surface area contributed by atoms with E-state index in [1.807, 2.05) is 16.7 Å². The molecule has 0 saturated carbocycles. The summed E-state index contributed by atoms with van der Waals surface area (Å²) < 4.78 is 0. The molecule has 148 valence electrons. The lowest BCUT2D eigenvalue weighted by molar-refractivity contribution is -0.141. The van der Waals surface area contributed by atoms with Gasteiger partial charge in [0.25, 0.3) is 5.91 Å². The van der Waals surface area contributed by atoms with E-state index in [-0.39, 0.29) is 18.4 Å². The molecule has 1 spiro atoms. The lowest BCUT2D eigenvalue weighted by atomic mass is 9.78. The van der Waals surface area contributed by atoms with Gasteiger partial charge >= 0.3 is 0 Å². The van der Waals surface area contributed by atoms with Gasteiger partial charge in [0, 0.05) is 43.7 Å². The number of aromatic nitrogens is 2. The Bertz CT molecular complexity index is 866. The number of benzene rings is 1. The molecule has 1 aromatic carbocycles. The summed E-state index contributed by atoms with van der Waals surface area (Å²) in [5.41, 5.74) is 3.08. The van der Waals surface area contributed by atoms with Crippen molar-refractivity contribution in [3.63, 3.8) is 0 Å². The molecule has 0 atom stereocenters. The van der Waals surface area contributed by atoms with Crippen LogP contribution >= 0.6 is 0 Å². The molecule has 7 nitrogen and oxygen atoms in total. The highest BCUT2D eigenvalue weighted by Gasteiger charge is 2.48. The minimum absolute atomic E-state index is 0.00855. The molecule has 1 fully saturated rings. The van der Waals surface area contributed by atoms with E-state index in [4.69, 9.17) is 0 Å². The first-order chi connectivity index (χ1) is 13.6. The molecule has 7 heteroatoms. The smallest absolute Gasteiger partial charge is 0.253 e. The molecular weight excluding hydrogens is 356 g/mol. The highest BCUT2D eigenvalue weighted by molar-refractivity contribution is 5.94. The topological polar surface area (TPSA) is 89.5 Å². The Labute approximate surface area is 164 Å². The summed E-state index contributed by atoms with van der Waals surface area (Å²) in [6.07, 6.45) is 4.37. The number of aliphatic hydroxyl groups excluding tert-OH is 1. The van der Waals surface area contributed by atoms with Gasteiger partial charge in [0.15, 0.2) is 0 Å². The van der Waals surface area contributed by atoms with E-state index in [0.29, 0.717) is 44.5 Å². The number of hydrogen-bond donors (Lipinski definition) is 2. The van der Waals surface area contributed by atoms with Crippen LogP contribution in [0, 0.1) is 0 Å². The van der Waals surface area contributed by atoms with E-state index in [1.54, 1.807) is 30.6 Å². The average Bonchev–Trinajstić information content (AvgIpc) is 3.24. The first kappa shape index (κ1) is 18.7. The summed E-state index contributed by atoms with van der Waals surface area (Å²) in [6, 6.07) is 7.07. The number of rotatable bonds is 3. The molecule has 2 aliphatic rings. The van der Waals surface area contributed by atoms with Crippen molar-refractivity contribution < 1.29 is 14.7 Å². The standard InChI is InChI=1S/C21H26N4O3/c1-2-18(27)25-10-7-17-19(23-14-22-17)21(25)8-11-24(12-9-21)20(28)16-5-3-15(13-26)4-6-16/h3-6,14,26H,2,7-13H2,1H3,(H,22,23). The molecule has 4 rings (SSSR count). The number of imidazole rings is 1. The summed E-state index contributed by atoms with van der Waals surface area (Å²) in [5.74, 6) is 0.138. The lowest BCUT2D eigenvalue weighted by Crippen LogP contribution is -2.58. The van der Waals surface area contributed by atoms with Crippen molar-refractivity contribution in [2.75, 3.05) is 19.6 Å². The molecule has 1 aromatic heterocycles. The first-order valence-corrected chi connectivity index (χ1v) is 9.91. The molecule has 2 aromatic rings. The molecule has 0 aliphatic carbocycles. The van der Waals surface area contributed by atoms with Crippen molar-refractivity contribution in [3.8, 4) is 0 Å². The highest BCUT2D eigenvalue weighted by Crippen LogP contribution is 2.42. The third kappa shape index (κ3) is 2.99. The number of likely N-dealkylation sites (tertiary alicyclic amines) is 1. The number of hydrogen-bond acceptors (Lipinski definition) is 4. The molecule has 0 radical (unpaired) electrons. The van der Waals surface area contributed by atoms with Crippen LogP contribution in [0.1, 0.15) is 53.5 Å². The quantitative estimate of drug-likeness (QED) is 0.848. The van der Waals surface area contributed by atoms with Crippen LogP contribution in [-0.4, -0.2) is 56.3 Å². The SMILES string of the molecule is CCC(=O)N1CCc2[nH]cnc2C12CCN(C(=O)c1ccc(CO)cc1)CC2. The zero-order chi connectivity index (χ0) is 19.7. The molecule has 2 amide bonds. The Morgan fingerprint density at radius 1 is 1.18 bits per heavy atom. The van der Waals surface area contributed by atoms with Crippen molar-refractivity contribution in [2.24, 2.45) is 0 Å². The van der Waals surface area contributed by atoms with Crippen LogP contribution < -0.4 is 0 Å². The normalized spacial score (nSPS) is 18.2. The van der Waals surface area contributed by atoms with Gasteiger partial charge in [-0.15, -0.1) is 0 Å². The van der Waals surface area contributed by atoms with Crippen molar-refractivity contribution in [1.29, 1.82) is 0 Å². The van der Waals surface area contributed by atoms with E-state index in [2.05, 4.69) is 9.97 Å². The van der Waals surface area contributed by atoms with E-state index < -0.39 is 5.54 Å². The van der Waals surface area contributed by atoms with Gasteiger partial charge in [-0.2, -0.15) is 0 Å². The monoisotopic (exact) mass is 382 g/mol. The maximum absolute atomic E-state index is 12.9. The van der Waals surface area contributed by atoms with Crippen LogP contribution in [0.2, 0.25) is 0 Å². The Morgan fingerprint density at radius 3 is 2.54 bits per heavy atom. The second-order valence-corrected chi connectivity index (χ2v) is 7.56. The number of carbonyl (C=O) groups excluding carboxylic acids is 2. The van der Waals surface area contributed by atoms with Gasteiger partial charge in [-0.3, -0.25) is 9.59 Å². The van der Waals surface area contributed by atoms with Crippen LogP contribution in [0.3, 0.4) is 0 Å². The van der Waals surface area contributed by atoms with E-state index >= 15 is 0 Å². The molecule has 0 bridgehead atoms. The Hall–Kier alpha value is -2.67. The summed E-state index contributed by atoms with van der Waals surface area (Å²) in [7, 11) is 0. The molecule has 1 saturated heterocycles. The predicted molar refractivity (Wildman–Crippen MR) is 103 cm³/mol. The highest BCUT2D eigenvalue weighted by atomic mass is 16.3. The first-order valence-electron chi connectivity index (χ1n) is 9.91. The Balaban J connectivity index is 1.55. The van der Waals surface area contributed by atoms with Gasteiger partial charge in [-0.1, -0.05) is 19.1 Å². The zero-order valence-electron chi connectivity index (χ0n) is 16.1.